The first kappa shape index (κ1) is 102. The topological polar surface area (TPSA) is 535 Å². The Balaban J connectivity index is 1.37. The van der Waals surface area contributed by atoms with Crippen molar-refractivity contribution in [2.45, 2.75) is 269 Å². The zero-order valence-corrected chi connectivity index (χ0v) is 69.1. The zero-order chi connectivity index (χ0) is 84.9. The SMILES string of the molecule is CC(=O)NC1C(OCCOCCOCCNC(=O)CCC(CCC(=O)NCCOCCOCCOC2OC(CO)C(O)C(O)C2NC(C)=O)(CCC(=O)NCCOCCOCCOC2OC(CO)C(O)C(O)C2NC(C)=O)NC(=O)CCCC(=O)NCC(C)(C)CC(C)(C)COC2CCCCC(C(C)C)CC2)OC(CO)C(O)C1O. The number of hydrogen-bond donors (Lipinski definition) is 17. The smallest absolute Gasteiger partial charge is 0.220 e. The maximum Gasteiger partial charge on any atom is 0.220 e. The predicted octanol–water partition coefficient (Wildman–Crippen LogP) is -2.75. The number of ether oxygens (including phenoxy) is 13. The van der Waals surface area contributed by atoms with Gasteiger partial charge in [0.2, 0.25) is 47.3 Å². The molecule has 4 aliphatic rings. The summed E-state index contributed by atoms with van der Waals surface area (Å²) in [5.74, 6) is -2.17. The molecular formula is C77H140N8O30. The molecule has 4 rings (SSSR count). The van der Waals surface area contributed by atoms with Crippen LogP contribution in [0.3, 0.4) is 0 Å². The van der Waals surface area contributed by atoms with Crippen LogP contribution in [0.25, 0.3) is 0 Å². The van der Waals surface area contributed by atoms with Crippen LogP contribution in [0, 0.1) is 22.7 Å². The average Bonchev–Trinajstić information content (AvgIpc) is 0.820. The van der Waals surface area contributed by atoms with Gasteiger partial charge in [0.25, 0.3) is 0 Å². The van der Waals surface area contributed by atoms with Crippen molar-refractivity contribution in [3.8, 4) is 0 Å². The molecule has 3 aliphatic heterocycles. The van der Waals surface area contributed by atoms with Gasteiger partial charge in [0.05, 0.1) is 132 Å². The van der Waals surface area contributed by atoms with E-state index in [1.807, 2.05) is 0 Å². The number of aliphatic hydroxyl groups excluding tert-OH is 9. The van der Waals surface area contributed by atoms with Gasteiger partial charge in [-0.2, -0.15) is 0 Å². The summed E-state index contributed by atoms with van der Waals surface area (Å²) in [4.78, 5) is 104. The van der Waals surface area contributed by atoms with E-state index in [-0.39, 0.29) is 199 Å². The molecule has 0 bridgehead atoms. The lowest BCUT2D eigenvalue weighted by atomic mass is 9.75. The summed E-state index contributed by atoms with van der Waals surface area (Å²) in [5.41, 5.74) is -1.81. The number of rotatable bonds is 58. The fourth-order valence-electron chi connectivity index (χ4n) is 14.4. The lowest BCUT2D eigenvalue weighted by Gasteiger charge is -2.42. The van der Waals surface area contributed by atoms with Crippen LogP contribution in [0.4, 0.5) is 0 Å². The number of hydrogen-bond acceptors (Lipinski definition) is 30. The molecule has 0 aromatic rings. The largest absolute Gasteiger partial charge is 0.394 e. The molecule has 3 heterocycles. The maximum absolute atomic E-state index is 14.3. The normalized spacial score (nSPS) is 26.7. The van der Waals surface area contributed by atoms with Crippen LogP contribution in [0.2, 0.25) is 0 Å². The van der Waals surface area contributed by atoms with Crippen LogP contribution in [-0.2, 0) is 99.9 Å². The Hall–Kier alpha value is -5.12. The van der Waals surface area contributed by atoms with Crippen molar-refractivity contribution in [2.24, 2.45) is 22.7 Å². The minimum Gasteiger partial charge on any atom is -0.394 e. The number of amides is 8. The minimum absolute atomic E-state index is 0.0230. The molecule has 668 valence electrons. The molecule has 8 amide bonds. The van der Waals surface area contributed by atoms with Crippen molar-refractivity contribution in [2.75, 3.05) is 152 Å². The fourth-order valence-corrected chi connectivity index (χ4v) is 14.4. The highest BCUT2D eigenvalue weighted by molar-refractivity contribution is 5.81. The lowest BCUT2D eigenvalue weighted by Crippen LogP contribution is -2.64. The van der Waals surface area contributed by atoms with E-state index >= 15 is 0 Å². The average molecular weight is 1660 g/mol. The second kappa shape index (κ2) is 55.7. The second-order valence-corrected chi connectivity index (χ2v) is 31.9. The summed E-state index contributed by atoms with van der Waals surface area (Å²) >= 11 is 0. The van der Waals surface area contributed by atoms with Crippen molar-refractivity contribution in [3.63, 3.8) is 0 Å². The standard InChI is InChI=1S/C77H140N8O30/c1-49(2)53-13-10-11-14-54(18-17-53)112-48-76(8,9)46-75(6,7)47-81-58(92)15-12-16-62(96)85-77(22-19-59(93)78-25-28-103-31-34-106-37-40-109-72-63(82-50(3)89)69(100)66(97)55(43-86)113-72,23-20-60(94)79-26-29-104-32-35-107-38-41-110-73-64(83-51(4)90)70(101)67(98)56(44-87)114-73)24-21-61(95)80-27-30-105-33-36-108-39-42-111-74-65(84-52(5)91)71(102)68(99)57(45-88)115-74/h49,53-57,63-74,86-88,97-102H,10-48H2,1-9H3,(H,78,93)(H,79,94)(H,80,95)(H,81,92)(H,82,89)(H,83,90)(H,84,91)(H,85,96). The molecule has 38 nitrogen and oxygen atoms in total. The summed E-state index contributed by atoms with van der Waals surface area (Å²) in [6.07, 6.45) is -8.56. The highest BCUT2D eigenvalue weighted by atomic mass is 16.7. The van der Waals surface area contributed by atoms with Crippen LogP contribution >= 0.6 is 0 Å². The predicted molar refractivity (Wildman–Crippen MR) is 411 cm³/mol. The molecule has 3 saturated heterocycles. The molecule has 17 N–H and O–H groups in total. The van der Waals surface area contributed by atoms with Gasteiger partial charge in [-0.15, -0.1) is 0 Å². The first-order valence-electron chi connectivity index (χ1n) is 40.7. The molecule has 115 heavy (non-hydrogen) atoms. The summed E-state index contributed by atoms with van der Waals surface area (Å²) < 4.78 is 74.2. The van der Waals surface area contributed by atoms with Crippen molar-refractivity contribution in [3.05, 3.63) is 0 Å². The Bertz CT molecular complexity index is 2580. The quantitative estimate of drug-likeness (QED) is 0.0275. The summed E-state index contributed by atoms with van der Waals surface area (Å²) in [6.45, 7) is 17.0. The van der Waals surface area contributed by atoms with E-state index in [0.29, 0.717) is 25.0 Å². The third-order valence-corrected chi connectivity index (χ3v) is 20.4. The molecule has 0 aromatic carbocycles. The van der Waals surface area contributed by atoms with Gasteiger partial charge >= 0.3 is 0 Å². The van der Waals surface area contributed by atoms with E-state index in [1.54, 1.807) is 0 Å². The van der Waals surface area contributed by atoms with Crippen molar-refractivity contribution >= 4 is 47.3 Å². The third-order valence-electron chi connectivity index (χ3n) is 20.4. The minimum atomic E-state index is -1.48. The maximum atomic E-state index is 14.3. The van der Waals surface area contributed by atoms with Gasteiger partial charge in [0.1, 0.15) is 73.1 Å². The Morgan fingerprint density at radius 1 is 0.400 bits per heavy atom. The highest BCUT2D eigenvalue weighted by Gasteiger charge is 2.48. The molecule has 1 aliphatic carbocycles. The number of aliphatic hydroxyl groups is 9. The third kappa shape index (κ3) is 40.7. The van der Waals surface area contributed by atoms with E-state index < -0.39 is 159 Å². The molecule has 0 spiro atoms. The fraction of sp³-hybridized carbons (Fsp3) is 0.896. The van der Waals surface area contributed by atoms with E-state index in [2.05, 4.69) is 84.1 Å². The molecule has 1 saturated carbocycles. The Kier molecular flexibility index (Phi) is 49.5. The van der Waals surface area contributed by atoms with Crippen LogP contribution < -0.4 is 42.5 Å². The molecule has 4 fully saturated rings. The van der Waals surface area contributed by atoms with E-state index in [9.17, 15) is 84.3 Å². The molecule has 17 unspecified atom stereocenters. The van der Waals surface area contributed by atoms with Crippen molar-refractivity contribution in [1.29, 1.82) is 0 Å². The molecular weight excluding hydrogens is 1520 g/mol. The summed E-state index contributed by atoms with van der Waals surface area (Å²) in [7, 11) is 0. The van der Waals surface area contributed by atoms with Gasteiger partial charge < -0.3 is 150 Å². The first-order valence-corrected chi connectivity index (χ1v) is 40.7. The second-order valence-electron chi connectivity index (χ2n) is 31.9. The monoisotopic (exact) mass is 1660 g/mol. The Morgan fingerprint density at radius 3 is 1.10 bits per heavy atom. The van der Waals surface area contributed by atoms with Crippen molar-refractivity contribution in [1.82, 2.24) is 42.5 Å². The van der Waals surface area contributed by atoms with Crippen LogP contribution in [0.1, 0.15) is 165 Å². The van der Waals surface area contributed by atoms with Crippen molar-refractivity contribution < 1.29 is 146 Å². The van der Waals surface area contributed by atoms with E-state index in [4.69, 9.17) is 61.6 Å². The Labute approximate surface area is 676 Å². The van der Waals surface area contributed by atoms with Gasteiger partial charge in [-0.3, -0.25) is 38.4 Å². The number of carbonyl (C=O) groups excluding carboxylic acids is 8. The molecule has 0 radical (unpaired) electrons. The molecule has 0 aromatic heterocycles. The van der Waals surface area contributed by atoms with Crippen LogP contribution in [0.15, 0.2) is 0 Å². The Morgan fingerprint density at radius 2 is 0.739 bits per heavy atom. The van der Waals surface area contributed by atoms with Gasteiger partial charge in [-0.25, -0.2) is 0 Å². The lowest BCUT2D eigenvalue weighted by molar-refractivity contribution is -0.272. The first-order chi connectivity index (χ1) is 54.7. The highest BCUT2D eigenvalue weighted by Crippen LogP contribution is 2.36. The summed E-state index contributed by atoms with van der Waals surface area (Å²) in [6, 6.07) is -3.37. The molecule has 17 atom stereocenters. The van der Waals surface area contributed by atoms with Crippen LogP contribution in [-0.4, -0.2) is 349 Å². The van der Waals surface area contributed by atoms with Gasteiger partial charge in [0.15, 0.2) is 18.9 Å². The zero-order valence-electron chi connectivity index (χ0n) is 69.1. The van der Waals surface area contributed by atoms with E-state index in [0.717, 1.165) is 25.7 Å². The van der Waals surface area contributed by atoms with Crippen LogP contribution in [0.5, 0.6) is 0 Å². The van der Waals surface area contributed by atoms with Gasteiger partial charge in [-0.05, 0) is 74.0 Å². The van der Waals surface area contributed by atoms with Gasteiger partial charge in [-0.1, -0.05) is 60.8 Å². The van der Waals surface area contributed by atoms with E-state index in [1.165, 1.54) is 40.0 Å². The number of nitrogens with one attached hydrogen (secondary N) is 8. The van der Waals surface area contributed by atoms with Gasteiger partial charge in [0, 0.05) is 84.6 Å². The summed E-state index contributed by atoms with van der Waals surface area (Å²) in [5, 5.41) is 113. The molecule has 38 heteroatoms. The number of carbonyl (C=O) groups is 8.